The van der Waals surface area contributed by atoms with E-state index >= 15 is 0 Å². The number of piperazine rings is 1. The lowest BCUT2D eigenvalue weighted by Gasteiger charge is -2.48. The molecule has 5 rings (SSSR count). The summed E-state index contributed by atoms with van der Waals surface area (Å²) in [7, 11) is 0. The quantitative estimate of drug-likeness (QED) is 0.698. The van der Waals surface area contributed by atoms with E-state index in [1.807, 2.05) is 6.07 Å². The van der Waals surface area contributed by atoms with Gasteiger partial charge in [-0.05, 0) is 24.3 Å². The lowest BCUT2D eigenvalue weighted by Crippen LogP contribution is -2.63. The van der Waals surface area contributed by atoms with Crippen LogP contribution < -0.4 is 9.80 Å². The molecule has 0 amide bonds. The summed E-state index contributed by atoms with van der Waals surface area (Å²) in [5.74, 6) is 1.38. The van der Waals surface area contributed by atoms with Gasteiger partial charge in [-0.2, -0.15) is 0 Å². The molecule has 27 heavy (non-hydrogen) atoms. The predicted molar refractivity (Wildman–Crippen MR) is 101 cm³/mol. The number of anilines is 2. The maximum atomic E-state index is 13.6. The summed E-state index contributed by atoms with van der Waals surface area (Å²) in [6.45, 7) is 5.67. The Morgan fingerprint density at radius 3 is 2.44 bits per heavy atom. The number of fused-ring (bicyclic) bond motifs is 1. The lowest BCUT2D eigenvalue weighted by molar-refractivity contribution is 0.156. The van der Waals surface area contributed by atoms with Crippen LogP contribution in [0.2, 0.25) is 0 Å². The molecule has 2 fully saturated rings. The van der Waals surface area contributed by atoms with Crippen molar-refractivity contribution in [3.05, 3.63) is 48.8 Å². The highest BCUT2D eigenvalue weighted by Gasteiger charge is 2.35. The van der Waals surface area contributed by atoms with Gasteiger partial charge in [0.25, 0.3) is 0 Å². The van der Waals surface area contributed by atoms with Gasteiger partial charge in [0.1, 0.15) is 18.0 Å². The van der Waals surface area contributed by atoms with Crippen molar-refractivity contribution in [2.75, 3.05) is 49.1 Å². The van der Waals surface area contributed by atoms with E-state index in [-0.39, 0.29) is 5.82 Å². The molecule has 2 aliphatic rings. The van der Waals surface area contributed by atoms with Crippen molar-refractivity contribution >= 4 is 22.7 Å². The Morgan fingerprint density at radius 2 is 1.67 bits per heavy atom. The fourth-order valence-corrected chi connectivity index (χ4v) is 3.87. The Kier molecular flexibility index (Phi) is 4.05. The molecule has 2 aliphatic heterocycles. The molecule has 0 spiro atoms. The van der Waals surface area contributed by atoms with Crippen LogP contribution in [0, 0.1) is 5.82 Å². The second-order valence-corrected chi connectivity index (χ2v) is 6.99. The average Bonchev–Trinajstić information content (AvgIpc) is 2.68. The van der Waals surface area contributed by atoms with Crippen LogP contribution in [0.5, 0.6) is 0 Å². The van der Waals surface area contributed by atoms with Crippen LogP contribution >= 0.6 is 0 Å². The van der Waals surface area contributed by atoms with E-state index in [9.17, 15) is 4.39 Å². The van der Waals surface area contributed by atoms with Gasteiger partial charge in [-0.3, -0.25) is 4.90 Å². The first kappa shape index (κ1) is 16.3. The molecule has 0 radical (unpaired) electrons. The molecule has 0 atom stereocenters. The number of hydrogen-bond acceptors (Lipinski definition) is 7. The van der Waals surface area contributed by atoms with Gasteiger partial charge in [0.2, 0.25) is 5.95 Å². The molecule has 3 aromatic rings. The summed E-state index contributed by atoms with van der Waals surface area (Å²) in [6, 6.07) is 7.01. The molecule has 8 heteroatoms. The standard InChI is InChI=1S/C19H20FN7/c20-14-2-3-17-16(10-14)18(24-13-23-17)27-11-15(12-27)25-6-8-26(9-7-25)19-21-4-1-5-22-19/h1-5,10,13,15H,6-9,11-12H2. The van der Waals surface area contributed by atoms with E-state index in [1.165, 1.54) is 12.1 Å². The molecule has 0 unspecified atom stereocenters. The molecular formula is C19H20FN7. The Hall–Kier alpha value is -2.87. The number of nitrogens with zero attached hydrogens (tertiary/aromatic N) is 7. The first-order valence-corrected chi connectivity index (χ1v) is 9.19. The Labute approximate surface area is 156 Å². The van der Waals surface area contributed by atoms with E-state index in [0.717, 1.165) is 61.9 Å². The van der Waals surface area contributed by atoms with E-state index in [0.29, 0.717) is 6.04 Å². The van der Waals surface area contributed by atoms with Gasteiger partial charge in [-0.15, -0.1) is 0 Å². The summed E-state index contributed by atoms with van der Waals surface area (Å²) >= 11 is 0. The van der Waals surface area contributed by atoms with Crippen molar-refractivity contribution in [3.63, 3.8) is 0 Å². The SMILES string of the molecule is Fc1ccc2ncnc(N3CC(N4CCN(c5ncccn5)CC4)C3)c2c1. The van der Waals surface area contributed by atoms with Crippen LogP contribution in [0.15, 0.2) is 43.0 Å². The van der Waals surface area contributed by atoms with Gasteiger partial charge >= 0.3 is 0 Å². The highest BCUT2D eigenvalue weighted by atomic mass is 19.1. The van der Waals surface area contributed by atoms with E-state index in [1.54, 1.807) is 24.8 Å². The second kappa shape index (κ2) is 6.70. The fourth-order valence-electron chi connectivity index (χ4n) is 3.87. The van der Waals surface area contributed by atoms with Crippen LogP contribution in [-0.2, 0) is 0 Å². The molecule has 2 saturated heterocycles. The molecule has 0 aliphatic carbocycles. The third kappa shape index (κ3) is 3.06. The smallest absolute Gasteiger partial charge is 0.225 e. The van der Waals surface area contributed by atoms with Crippen molar-refractivity contribution in [3.8, 4) is 0 Å². The number of rotatable bonds is 3. The lowest BCUT2D eigenvalue weighted by atomic mass is 10.0. The van der Waals surface area contributed by atoms with Crippen molar-refractivity contribution in [2.45, 2.75) is 6.04 Å². The topological polar surface area (TPSA) is 61.3 Å². The van der Waals surface area contributed by atoms with E-state index in [4.69, 9.17) is 0 Å². The average molecular weight is 365 g/mol. The maximum Gasteiger partial charge on any atom is 0.225 e. The first-order valence-electron chi connectivity index (χ1n) is 9.19. The molecule has 0 N–H and O–H groups in total. The molecule has 0 bridgehead atoms. The third-order valence-electron chi connectivity index (χ3n) is 5.40. The molecular weight excluding hydrogens is 345 g/mol. The van der Waals surface area contributed by atoms with Gasteiger partial charge in [0.15, 0.2) is 0 Å². The van der Waals surface area contributed by atoms with Crippen molar-refractivity contribution in [1.29, 1.82) is 0 Å². The minimum atomic E-state index is -0.255. The highest BCUT2D eigenvalue weighted by Crippen LogP contribution is 2.29. The molecule has 138 valence electrons. The predicted octanol–water partition coefficient (Wildman–Crippen LogP) is 1.57. The van der Waals surface area contributed by atoms with Gasteiger partial charge in [0.05, 0.1) is 5.52 Å². The summed E-state index contributed by atoms with van der Waals surface area (Å²) in [4.78, 5) is 24.3. The minimum absolute atomic E-state index is 0.255. The zero-order chi connectivity index (χ0) is 18.2. The van der Waals surface area contributed by atoms with Crippen LogP contribution in [0.1, 0.15) is 0 Å². The second-order valence-electron chi connectivity index (χ2n) is 6.99. The molecule has 4 heterocycles. The van der Waals surface area contributed by atoms with E-state index in [2.05, 4.69) is 34.6 Å². The summed E-state index contributed by atoms with van der Waals surface area (Å²) in [5.41, 5.74) is 0.779. The number of hydrogen-bond donors (Lipinski definition) is 0. The number of halogens is 1. The monoisotopic (exact) mass is 365 g/mol. The van der Waals surface area contributed by atoms with Gasteiger partial charge in [-0.25, -0.2) is 24.3 Å². The van der Waals surface area contributed by atoms with Crippen molar-refractivity contribution in [1.82, 2.24) is 24.8 Å². The van der Waals surface area contributed by atoms with Gasteiger partial charge in [-0.1, -0.05) is 0 Å². The Morgan fingerprint density at radius 1 is 0.889 bits per heavy atom. The maximum absolute atomic E-state index is 13.6. The Balaban J connectivity index is 1.23. The molecule has 1 aromatic carbocycles. The highest BCUT2D eigenvalue weighted by molar-refractivity contribution is 5.89. The number of aromatic nitrogens is 4. The van der Waals surface area contributed by atoms with Crippen LogP contribution in [0.3, 0.4) is 0 Å². The first-order chi connectivity index (χ1) is 13.3. The third-order valence-corrected chi connectivity index (χ3v) is 5.40. The van der Waals surface area contributed by atoms with Gasteiger partial charge in [0, 0.05) is 63.1 Å². The normalized spacial score (nSPS) is 18.7. The zero-order valence-electron chi connectivity index (χ0n) is 14.9. The minimum Gasteiger partial charge on any atom is -0.353 e. The van der Waals surface area contributed by atoms with Crippen molar-refractivity contribution < 1.29 is 4.39 Å². The van der Waals surface area contributed by atoms with Crippen molar-refractivity contribution in [2.24, 2.45) is 0 Å². The molecule has 0 saturated carbocycles. The molecule has 2 aromatic heterocycles. The summed E-state index contributed by atoms with van der Waals surface area (Å²) in [5, 5.41) is 0.780. The Bertz CT molecular complexity index is 937. The summed E-state index contributed by atoms with van der Waals surface area (Å²) in [6.07, 6.45) is 5.13. The van der Waals surface area contributed by atoms with E-state index < -0.39 is 0 Å². The van der Waals surface area contributed by atoms with Crippen LogP contribution in [0.25, 0.3) is 10.9 Å². The summed E-state index contributed by atoms with van der Waals surface area (Å²) < 4.78 is 13.6. The van der Waals surface area contributed by atoms with Gasteiger partial charge < -0.3 is 9.80 Å². The number of benzene rings is 1. The zero-order valence-corrected chi connectivity index (χ0v) is 14.9. The fraction of sp³-hybridized carbons (Fsp3) is 0.368. The van der Waals surface area contributed by atoms with Crippen LogP contribution in [-0.4, -0.2) is 70.1 Å². The largest absolute Gasteiger partial charge is 0.353 e. The van der Waals surface area contributed by atoms with Crippen LogP contribution in [0.4, 0.5) is 16.2 Å². The molecule has 7 nitrogen and oxygen atoms in total.